The first-order chi connectivity index (χ1) is 10.0. The number of nitrogens with two attached hydrogens (primary N) is 1. The normalized spacial score (nSPS) is 12.0. The molecule has 0 fully saturated rings. The summed E-state index contributed by atoms with van der Waals surface area (Å²) in [5, 5.41) is 0.702. The molecule has 0 saturated carbocycles. The lowest BCUT2D eigenvalue weighted by Gasteiger charge is -2.16. The summed E-state index contributed by atoms with van der Waals surface area (Å²) in [4.78, 5) is 0. The van der Waals surface area contributed by atoms with Gasteiger partial charge in [0.05, 0.1) is 14.2 Å². The average Bonchev–Trinajstić information content (AvgIpc) is 2.49. The van der Waals surface area contributed by atoms with Gasteiger partial charge >= 0.3 is 0 Å². The molecule has 2 N–H and O–H groups in total. The molecule has 2 aromatic rings. The Hall–Kier alpha value is -0.980. The maximum atomic E-state index is 6.32. The van der Waals surface area contributed by atoms with Gasteiger partial charge in [-0.05, 0) is 70.5 Å². The van der Waals surface area contributed by atoms with Crippen LogP contribution < -0.4 is 15.2 Å². The monoisotopic (exact) mass is 417 g/mol. The topological polar surface area (TPSA) is 44.5 Å². The van der Waals surface area contributed by atoms with E-state index >= 15 is 0 Å². The molecule has 0 radical (unpaired) electrons. The molecule has 0 aliphatic carbocycles. The second-order valence-electron chi connectivity index (χ2n) is 4.67. The van der Waals surface area contributed by atoms with Crippen LogP contribution in [-0.2, 0) is 6.42 Å². The van der Waals surface area contributed by atoms with Crippen molar-refractivity contribution in [1.82, 2.24) is 0 Å². The van der Waals surface area contributed by atoms with Crippen LogP contribution in [0.1, 0.15) is 17.2 Å². The van der Waals surface area contributed by atoms with Gasteiger partial charge in [0.25, 0.3) is 0 Å². The van der Waals surface area contributed by atoms with Gasteiger partial charge in [0.1, 0.15) is 0 Å². The van der Waals surface area contributed by atoms with E-state index in [1.54, 1.807) is 14.2 Å². The molecule has 0 aliphatic heterocycles. The lowest BCUT2D eigenvalue weighted by atomic mass is 9.99. The molecule has 0 aromatic heterocycles. The Kier molecular flexibility index (Phi) is 5.72. The van der Waals surface area contributed by atoms with Crippen LogP contribution in [-0.4, -0.2) is 14.2 Å². The first-order valence-corrected chi connectivity index (χ1v) is 7.92. The van der Waals surface area contributed by atoms with Crippen LogP contribution in [0.2, 0.25) is 5.02 Å². The van der Waals surface area contributed by atoms with Gasteiger partial charge in [0, 0.05) is 14.6 Å². The molecular weight excluding hydrogens is 401 g/mol. The Labute approximate surface area is 143 Å². The summed E-state index contributed by atoms with van der Waals surface area (Å²) in [6.45, 7) is 0. The highest BCUT2D eigenvalue weighted by Gasteiger charge is 2.13. The third kappa shape index (κ3) is 4.02. The van der Waals surface area contributed by atoms with Crippen molar-refractivity contribution >= 4 is 34.2 Å². The molecule has 2 aromatic carbocycles. The molecule has 0 bridgehead atoms. The minimum Gasteiger partial charge on any atom is -0.493 e. The van der Waals surface area contributed by atoms with Crippen LogP contribution in [0.3, 0.4) is 0 Å². The van der Waals surface area contributed by atoms with Crippen LogP contribution in [0, 0.1) is 3.57 Å². The maximum absolute atomic E-state index is 6.32. The van der Waals surface area contributed by atoms with Gasteiger partial charge < -0.3 is 15.2 Å². The smallest absolute Gasteiger partial charge is 0.160 e. The minimum atomic E-state index is -0.117. The number of ether oxygens (including phenoxy) is 2. The highest BCUT2D eigenvalue weighted by molar-refractivity contribution is 14.1. The van der Waals surface area contributed by atoms with Gasteiger partial charge in [-0.15, -0.1) is 0 Å². The zero-order chi connectivity index (χ0) is 15.4. The molecule has 0 amide bonds. The van der Waals surface area contributed by atoms with Gasteiger partial charge in [0.2, 0.25) is 0 Å². The quantitative estimate of drug-likeness (QED) is 0.742. The van der Waals surface area contributed by atoms with Crippen molar-refractivity contribution in [2.45, 2.75) is 12.5 Å². The fourth-order valence-electron chi connectivity index (χ4n) is 2.17. The summed E-state index contributed by atoms with van der Waals surface area (Å²) in [5.41, 5.74) is 8.47. The second kappa shape index (κ2) is 7.33. The third-order valence-corrected chi connectivity index (χ3v) is 4.48. The summed E-state index contributed by atoms with van der Waals surface area (Å²) in [7, 11) is 3.25. The minimum absolute atomic E-state index is 0.117. The van der Waals surface area contributed by atoms with E-state index in [1.165, 1.54) is 0 Å². The predicted molar refractivity (Wildman–Crippen MR) is 94.3 cm³/mol. The molecule has 112 valence electrons. The zero-order valence-corrected chi connectivity index (χ0v) is 14.8. The first kappa shape index (κ1) is 16.4. The predicted octanol–water partition coefficient (Wildman–Crippen LogP) is 4.20. The Morgan fingerprint density at radius 2 is 1.81 bits per heavy atom. The van der Waals surface area contributed by atoms with Gasteiger partial charge in [-0.25, -0.2) is 0 Å². The van der Waals surface area contributed by atoms with Gasteiger partial charge in [-0.3, -0.25) is 0 Å². The van der Waals surface area contributed by atoms with Crippen molar-refractivity contribution in [1.29, 1.82) is 0 Å². The van der Waals surface area contributed by atoms with E-state index in [1.807, 2.05) is 36.4 Å². The summed E-state index contributed by atoms with van der Waals surface area (Å²) < 4.78 is 11.7. The summed E-state index contributed by atoms with van der Waals surface area (Å²) in [5.74, 6) is 1.43. The Morgan fingerprint density at radius 1 is 1.10 bits per heavy atom. The van der Waals surface area contributed by atoms with E-state index < -0.39 is 0 Å². The maximum Gasteiger partial charge on any atom is 0.160 e. The van der Waals surface area contributed by atoms with E-state index in [9.17, 15) is 0 Å². The molecule has 2 rings (SSSR count). The Bertz CT molecular complexity index is 634. The Morgan fingerprint density at radius 3 is 2.48 bits per heavy atom. The second-order valence-corrected chi connectivity index (χ2v) is 6.26. The van der Waals surface area contributed by atoms with E-state index in [2.05, 4.69) is 22.6 Å². The third-order valence-electron chi connectivity index (χ3n) is 3.26. The number of hydrogen-bond acceptors (Lipinski definition) is 3. The van der Waals surface area contributed by atoms with Crippen LogP contribution in [0.5, 0.6) is 11.5 Å². The fraction of sp³-hybridized carbons (Fsp3) is 0.250. The highest BCUT2D eigenvalue weighted by atomic mass is 127. The van der Waals surface area contributed by atoms with Crippen molar-refractivity contribution in [2.75, 3.05) is 14.2 Å². The highest BCUT2D eigenvalue weighted by Crippen LogP contribution is 2.30. The first-order valence-electron chi connectivity index (χ1n) is 6.46. The fourth-order valence-corrected chi connectivity index (χ4v) is 3.09. The van der Waals surface area contributed by atoms with Crippen molar-refractivity contribution in [3.8, 4) is 11.5 Å². The molecule has 0 heterocycles. The molecule has 0 aliphatic rings. The van der Waals surface area contributed by atoms with Crippen molar-refractivity contribution < 1.29 is 9.47 Å². The molecular formula is C16H17ClINO2. The van der Waals surface area contributed by atoms with Gasteiger partial charge in [-0.2, -0.15) is 0 Å². The lowest BCUT2D eigenvalue weighted by Crippen LogP contribution is -2.14. The van der Waals surface area contributed by atoms with Crippen LogP contribution in [0.25, 0.3) is 0 Å². The van der Waals surface area contributed by atoms with E-state index in [0.717, 1.165) is 14.7 Å². The zero-order valence-electron chi connectivity index (χ0n) is 11.9. The molecule has 0 spiro atoms. The van der Waals surface area contributed by atoms with Crippen molar-refractivity contribution in [3.63, 3.8) is 0 Å². The summed E-state index contributed by atoms with van der Waals surface area (Å²) in [6, 6.07) is 11.5. The van der Waals surface area contributed by atoms with Crippen LogP contribution >= 0.6 is 34.2 Å². The molecule has 1 unspecified atom stereocenters. The van der Waals surface area contributed by atoms with E-state index in [0.29, 0.717) is 22.9 Å². The number of rotatable bonds is 5. The number of methoxy groups -OCH3 is 2. The number of benzene rings is 2. The lowest BCUT2D eigenvalue weighted by molar-refractivity contribution is 0.354. The van der Waals surface area contributed by atoms with Crippen LogP contribution in [0.15, 0.2) is 36.4 Å². The van der Waals surface area contributed by atoms with Crippen molar-refractivity contribution in [2.24, 2.45) is 5.73 Å². The molecule has 3 nitrogen and oxygen atoms in total. The van der Waals surface area contributed by atoms with E-state index in [-0.39, 0.29) is 6.04 Å². The summed E-state index contributed by atoms with van der Waals surface area (Å²) >= 11 is 8.33. The number of halogens is 2. The van der Waals surface area contributed by atoms with Gasteiger partial charge in [-0.1, -0.05) is 17.7 Å². The van der Waals surface area contributed by atoms with Crippen molar-refractivity contribution in [3.05, 3.63) is 56.1 Å². The van der Waals surface area contributed by atoms with Crippen LogP contribution in [0.4, 0.5) is 0 Å². The molecule has 21 heavy (non-hydrogen) atoms. The average molecular weight is 418 g/mol. The van der Waals surface area contributed by atoms with Gasteiger partial charge in [0.15, 0.2) is 11.5 Å². The van der Waals surface area contributed by atoms with E-state index in [4.69, 9.17) is 26.8 Å². The molecule has 0 saturated heterocycles. The standard InChI is InChI=1S/C16H17ClINO2/c1-20-15-6-3-10(8-16(15)21-2)7-14(19)12-9-11(17)4-5-13(12)18/h3-6,8-9,14H,7,19H2,1-2H3. The largest absolute Gasteiger partial charge is 0.493 e. The molecule has 1 atom stereocenters. The SMILES string of the molecule is COc1ccc(CC(N)c2cc(Cl)ccc2I)cc1OC. The molecule has 5 heteroatoms. The number of hydrogen-bond donors (Lipinski definition) is 1. The summed E-state index contributed by atoms with van der Waals surface area (Å²) in [6.07, 6.45) is 0.705. The Balaban J connectivity index is 2.23.